The lowest BCUT2D eigenvalue weighted by atomic mass is 10.1. The summed E-state index contributed by atoms with van der Waals surface area (Å²) in [5.41, 5.74) is 9.61. The number of hydrogen-bond donors (Lipinski definition) is 2. The Morgan fingerprint density at radius 2 is 2.14 bits per heavy atom. The van der Waals surface area contributed by atoms with Crippen molar-refractivity contribution in [3.8, 4) is 11.8 Å². The minimum absolute atomic E-state index is 0.163. The second-order valence-corrected chi connectivity index (χ2v) is 5.43. The Kier molecular flexibility index (Phi) is 5.47. The zero-order valence-corrected chi connectivity index (χ0v) is 14.1. The van der Waals surface area contributed by atoms with Crippen LogP contribution in [0.3, 0.4) is 0 Å². The molecule has 3 N–H and O–H groups in total. The van der Waals surface area contributed by atoms with Crippen LogP contribution >= 0.6 is 23.5 Å². The molecule has 0 aliphatic carbocycles. The van der Waals surface area contributed by atoms with E-state index in [1.807, 2.05) is 26.2 Å². The molecule has 0 aliphatic rings. The summed E-state index contributed by atoms with van der Waals surface area (Å²) in [4.78, 5) is 12.5. The molecule has 22 heavy (non-hydrogen) atoms. The molecule has 0 saturated carbocycles. The smallest absolute Gasteiger partial charge is 0.221 e. The molecule has 2 aromatic rings. The number of nitrogens with one attached hydrogen (secondary N) is 1. The van der Waals surface area contributed by atoms with Crippen molar-refractivity contribution < 1.29 is 0 Å². The fraction of sp³-hybridized carbons (Fsp3) is 0.267. The molecule has 7 heteroatoms. The molecule has 0 fully saturated rings. The highest BCUT2D eigenvalue weighted by Gasteiger charge is 2.08. The predicted molar refractivity (Wildman–Crippen MR) is 92.9 cm³/mol. The summed E-state index contributed by atoms with van der Waals surface area (Å²) in [6.45, 7) is 3.91. The Balaban J connectivity index is 2.41. The summed E-state index contributed by atoms with van der Waals surface area (Å²) >= 11 is 7.63. The maximum atomic E-state index is 6.12. The van der Waals surface area contributed by atoms with E-state index >= 15 is 0 Å². The van der Waals surface area contributed by atoms with E-state index in [0.717, 1.165) is 22.6 Å². The fourth-order valence-corrected chi connectivity index (χ4v) is 2.49. The van der Waals surface area contributed by atoms with E-state index in [-0.39, 0.29) is 11.1 Å². The van der Waals surface area contributed by atoms with Crippen molar-refractivity contribution in [2.24, 2.45) is 0 Å². The summed E-state index contributed by atoms with van der Waals surface area (Å²) in [6.07, 6.45) is 4.37. The van der Waals surface area contributed by atoms with E-state index < -0.39 is 0 Å². The number of halogens is 1. The van der Waals surface area contributed by atoms with E-state index in [0.29, 0.717) is 12.0 Å². The van der Waals surface area contributed by atoms with Crippen LogP contribution in [0.15, 0.2) is 12.3 Å². The first kappa shape index (κ1) is 16.4. The van der Waals surface area contributed by atoms with Gasteiger partial charge in [-0.2, -0.15) is 4.98 Å². The van der Waals surface area contributed by atoms with Crippen molar-refractivity contribution in [3.05, 3.63) is 39.9 Å². The number of aromatic nitrogens is 3. The third-order valence-corrected chi connectivity index (χ3v) is 3.62. The van der Waals surface area contributed by atoms with Gasteiger partial charge in [-0.15, -0.1) is 0 Å². The summed E-state index contributed by atoms with van der Waals surface area (Å²) in [7, 11) is 0. The van der Waals surface area contributed by atoms with E-state index in [1.54, 1.807) is 6.20 Å². The Hall–Kier alpha value is -1.97. The molecule has 0 atom stereocenters. The van der Waals surface area contributed by atoms with Crippen molar-refractivity contribution >= 4 is 35.2 Å². The molecular formula is C15H16ClN5S. The maximum Gasteiger partial charge on any atom is 0.221 e. The predicted octanol–water partition coefficient (Wildman–Crippen LogP) is 3.07. The Morgan fingerprint density at radius 1 is 1.36 bits per heavy atom. The molecule has 5 nitrogen and oxygen atoms in total. The average molecular weight is 334 g/mol. The Labute approximate surface area is 139 Å². The molecule has 2 aromatic heterocycles. The maximum absolute atomic E-state index is 6.12. The first-order valence-electron chi connectivity index (χ1n) is 6.64. The van der Waals surface area contributed by atoms with Gasteiger partial charge < -0.3 is 10.5 Å². The molecule has 0 bridgehead atoms. The number of nitrogens with zero attached hydrogens (tertiary/aromatic N) is 3. The molecule has 0 aromatic carbocycles. The van der Waals surface area contributed by atoms with Crippen LogP contribution in [0.5, 0.6) is 0 Å². The molecule has 0 amide bonds. The van der Waals surface area contributed by atoms with Crippen molar-refractivity contribution in [1.29, 1.82) is 0 Å². The van der Waals surface area contributed by atoms with E-state index in [2.05, 4.69) is 31.5 Å². The van der Waals surface area contributed by atoms with Gasteiger partial charge >= 0.3 is 0 Å². The van der Waals surface area contributed by atoms with Crippen LogP contribution in [-0.4, -0.2) is 21.2 Å². The molecule has 114 valence electrons. The second kappa shape index (κ2) is 7.34. The van der Waals surface area contributed by atoms with Crippen molar-refractivity contribution in [2.45, 2.75) is 20.3 Å². The molecule has 2 heterocycles. The number of pyridine rings is 1. The third kappa shape index (κ3) is 3.81. The molecule has 0 saturated heterocycles. The highest BCUT2D eigenvalue weighted by Crippen LogP contribution is 2.19. The van der Waals surface area contributed by atoms with Crippen LogP contribution in [0.25, 0.3) is 0 Å². The van der Waals surface area contributed by atoms with Crippen molar-refractivity contribution in [2.75, 3.05) is 16.7 Å². The van der Waals surface area contributed by atoms with Gasteiger partial charge in [-0.25, -0.2) is 4.98 Å². The molecule has 0 unspecified atom stereocenters. The molecule has 2 rings (SSSR count). The monoisotopic (exact) mass is 333 g/mol. The minimum Gasteiger partial charge on any atom is -0.368 e. The minimum atomic E-state index is 0.163. The Bertz CT molecular complexity index is 752. The standard InChI is InChI=1S/C15H16ClN5S/c1-4-12-11(14(16)20-15(17)19-12)6-5-10-7-13(21-22-3)9(2)18-8-10/h7-8,21H,4H2,1-3H3,(H2,17,19,20). The van der Waals surface area contributed by atoms with Gasteiger partial charge in [0.05, 0.1) is 22.6 Å². The second-order valence-electron chi connectivity index (χ2n) is 4.46. The zero-order chi connectivity index (χ0) is 16.1. The largest absolute Gasteiger partial charge is 0.368 e. The number of aryl methyl sites for hydroxylation is 2. The van der Waals surface area contributed by atoms with Crippen LogP contribution in [0.2, 0.25) is 5.15 Å². The van der Waals surface area contributed by atoms with Gasteiger partial charge in [0.15, 0.2) is 5.15 Å². The topological polar surface area (TPSA) is 76.7 Å². The van der Waals surface area contributed by atoms with E-state index in [1.165, 1.54) is 11.9 Å². The van der Waals surface area contributed by atoms with Gasteiger partial charge in [-0.1, -0.05) is 42.3 Å². The van der Waals surface area contributed by atoms with Gasteiger partial charge in [0.25, 0.3) is 0 Å². The lowest BCUT2D eigenvalue weighted by molar-refractivity contribution is 0.999. The Morgan fingerprint density at radius 3 is 2.82 bits per heavy atom. The average Bonchev–Trinajstić information content (AvgIpc) is 2.48. The van der Waals surface area contributed by atoms with Crippen LogP contribution < -0.4 is 10.5 Å². The highest BCUT2D eigenvalue weighted by atomic mass is 35.5. The SMILES string of the molecule is CCc1nc(N)nc(Cl)c1C#Cc1cnc(C)c(NSC)c1. The summed E-state index contributed by atoms with van der Waals surface area (Å²) in [6, 6.07) is 1.95. The summed E-state index contributed by atoms with van der Waals surface area (Å²) in [5.74, 6) is 6.25. The van der Waals surface area contributed by atoms with Crippen LogP contribution in [0, 0.1) is 18.8 Å². The number of hydrogen-bond acceptors (Lipinski definition) is 6. The van der Waals surface area contributed by atoms with Gasteiger partial charge in [-0.05, 0) is 19.4 Å². The summed E-state index contributed by atoms with van der Waals surface area (Å²) < 4.78 is 3.17. The molecule has 0 aliphatic heterocycles. The number of anilines is 2. The van der Waals surface area contributed by atoms with E-state index in [4.69, 9.17) is 17.3 Å². The third-order valence-electron chi connectivity index (χ3n) is 2.92. The van der Waals surface area contributed by atoms with Crippen molar-refractivity contribution in [3.63, 3.8) is 0 Å². The van der Waals surface area contributed by atoms with Gasteiger partial charge in [-0.3, -0.25) is 4.98 Å². The lowest BCUT2D eigenvalue weighted by Crippen LogP contribution is -2.02. The van der Waals surface area contributed by atoms with Crippen LogP contribution in [0.1, 0.15) is 29.4 Å². The van der Waals surface area contributed by atoms with Gasteiger partial charge in [0, 0.05) is 18.0 Å². The first-order chi connectivity index (χ1) is 10.5. The molecular weight excluding hydrogens is 318 g/mol. The lowest BCUT2D eigenvalue weighted by Gasteiger charge is -2.06. The molecule has 0 radical (unpaired) electrons. The zero-order valence-electron chi connectivity index (χ0n) is 12.6. The van der Waals surface area contributed by atoms with Crippen LogP contribution in [0.4, 0.5) is 11.6 Å². The van der Waals surface area contributed by atoms with E-state index in [9.17, 15) is 0 Å². The van der Waals surface area contributed by atoms with Gasteiger partial charge in [0.2, 0.25) is 5.95 Å². The number of rotatable bonds is 3. The first-order valence-corrected chi connectivity index (χ1v) is 8.25. The van der Waals surface area contributed by atoms with Crippen LogP contribution in [-0.2, 0) is 6.42 Å². The highest BCUT2D eigenvalue weighted by molar-refractivity contribution is 7.99. The van der Waals surface area contributed by atoms with Gasteiger partial charge in [0.1, 0.15) is 0 Å². The summed E-state index contributed by atoms with van der Waals surface area (Å²) in [5, 5.41) is 0.277. The quantitative estimate of drug-likeness (QED) is 0.510. The fourth-order valence-electron chi connectivity index (χ4n) is 1.82. The normalized spacial score (nSPS) is 10.0. The number of nitrogen functional groups attached to an aromatic ring is 1. The van der Waals surface area contributed by atoms with Crippen molar-refractivity contribution in [1.82, 2.24) is 15.0 Å². The number of nitrogens with two attached hydrogens (primary N) is 1. The molecule has 0 spiro atoms.